The third kappa shape index (κ3) is 6.28. The number of hydrogen-bond donors (Lipinski definition) is 1. The van der Waals surface area contributed by atoms with Gasteiger partial charge in [0.1, 0.15) is 6.61 Å². The number of rotatable bonds is 6. The van der Waals surface area contributed by atoms with E-state index in [9.17, 15) is 4.79 Å². The molecular formula is C20H28INO3. The third-order valence-electron chi connectivity index (χ3n) is 5.11. The number of ether oxygens (including phenoxy) is 1. The zero-order valence-corrected chi connectivity index (χ0v) is 17.1. The molecule has 1 fully saturated rings. The van der Waals surface area contributed by atoms with Gasteiger partial charge in [-0.05, 0) is 60.0 Å². The highest BCUT2D eigenvalue weighted by Gasteiger charge is 2.33. The zero-order valence-electron chi connectivity index (χ0n) is 15.0. The number of alkyl halides is 1. The molecule has 1 aromatic heterocycles. The van der Waals surface area contributed by atoms with Gasteiger partial charge < -0.3 is 9.84 Å². The lowest BCUT2D eigenvalue weighted by atomic mass is 9.75. The average molecular weight is 457 g/mol. The van der Waals surface area contributed by atoms with Crippen LogP contribution in [0.15, 0.2) is 30.0 Å². The van der Waals surface area contributed by atoms with Gasteiger partial charge in [0.2, 0.25) is 5.88 Å². The van der Waals surface area contributed by atoms with Crippen molar-refractivity contribution in [3.63, 3.8) is 0 Å². The van der Waals surface area contributed by atoms with Crippen LogP contribution in [0.25, 0.3) is 0 Å². The Bertz CT molecular complexity index is 577. The van der Waals surface area contributed by atoms with E-state index in [1.165, 1.54) is 44.1 Å². The molecule has 138 valence electrons. The van der Waals surface area contributed by atoms with E-state index in [-0.39, 0.29) is 6.42 Å². The molecule has 0 unspecified atom stereocenters. The highest BCUT2D eigenvalue weighted by Crippen LogP contribution is 2.47. The minimum Gasteiger partial charge on any atom is -0.481 e. The molecule has 1 aromatic rings. The van der Waals surface area contributed by atoms with Crippen LogP contribution in [-0.2, 0) is 11.2 Å². The highest BCUT2D eigenvalue weighted by atomic mass is 127. The topological polar surface area (TPSA) is 59.4 Å². The Balaban J connectivity index is 0.00000109. The quantitative estimate of drug-likeness (QED) is 0.363. The predicted molar refractivity (Wildman–Crippen MR) is 108 cm³/mol. The summed E-state index contributed by atoms with van der Waals surface area (Å²) in [5.41, 5.74) is 2.81. The normalized spacial score (nSPS) is 18.2. The van der Waals surface area contributed by atoms with Crippen LogP contribution in [0.4, 0.5) is 0 Å². The maximum atomic E-state index is 10.6. The van der Waals surface area contributed by atoms with E-state index in [0.29, 0.717) is 24.3 Å². The molecule has 1 N–H and O–H groups in total. The van der Waals surface area contributed by atoms with Gasteiger partial charge in [-0.25, -0.2) is 4.98 Å². The third-order valence-corrected chi connectivity index (χ3v) is 5.11. The molecule has 4 nitrogen and oxygen atoms in total. The first-order valence-electron chi connectivity index (χ1n) is 9.03. The number of pyridine rings is 1. The van der Waals surface area contributed by atoms with Crippen LogP contribution in [0, 0.1) is 5.41 Å². The molecule has 0 aliphatic heterocycles. The van der Waals surface area contributed by atoms with Gasteiger partial charge in [0.15, 0.2) is 0 Å². The van der Waals surface area contributed by atoms with Crippen LogP contribution >= 0.6 is 22.6 Å². The Hall–Kier alpha value is -1.11. The van der Waals surface area contributed by atoms with E-state index in [1.54, 1.807) is 6.20 Å². The number of allylic oxidation sites excluding steroid dienone is 1. The Labute approximate surface area is 164 Å². The molecule has 0 radical (unpaired) electrons. The van der Waals surface area contributed by atoms with E-state index in [2.05, 4.69) is 33.7 Å². The fraction of sp³-hybridized carbons (Fsp3) is 0.600. The second-order valence-corrected chi connectivity index (χ2v) is 6.91. The first-order valence-corrected chi connectivity index (χ1v) is 11.2. The van der Waals surface area contributed by atoms with Gasteiger partial charge in [0.05, 0.1) is 0 Å². The Kier molecular flexibility index (Phi) is 8.19. The molecule has 25 heavy (non-hydrogen) atoms. The number of halogens is 1. The van der Waals surface area contributed by atoms with E-state index >= 15 is 0 Å². The molecule has 2 aliphatic rings. The van der Waals surface area contributed by atoms with Crippen LogP contribution in [0.2, 0.25) is 0 Å². The zero-order chi connectivity index (χ0) is 18.1. The summed E-state index contributed by atoms with van der Waals surface area (Å²) in [7, 11) is 0. The van der Waals surface area contributed by atoms with Crippen LogP contribution < -0.4 is 4.74 Å². The maximum absolute atomic E-state index is 10.6. The number of carboxylic acid groups (broad SMARTS) is 1. The summed E-state index contributed by atoms with van der Waals surface area (Å²) >= 11 is 2.15. The second-order valence-electron chi connectivity index (χ2n) is 6.91. The lowest BCUT2D eigenvalue weighted by Gasteiger charge is -2.31. The van der Waals surface area contributed by atoms with Gasteiger partial charge in [-0.2, -0.15) is 0 Å². The van der Waals surface area contributed by atoms with E-state index in [1.807, 2.05) is 17.1 Å². The maximum Gasteiger partial charge on any atom is 0.303 e. The summed E-state index contributed by atoms with van der Waals surface area (Å²) in [6.07, 6.45) is 14.0. The van der Waals surface area contributed by atoms with Crippen molar-refractivity contribution in [1.29, 1.82) is 0 Å². The highest BCUT2D eigenvalue weighted by molar-refractivity contribution is 14.1. The van der Waals surface area contributed by atoms with Gasteiger partial charge >= 0.3 is 5.97 Å². The Morgan fingerprint density at radius 3 is 2.60 bits per heavy atom. The van der Waals surface area contributed by atoms with Gasteiger partial charge in [0.25, 0.3) is 0 Å². The van der Waals surface area contributed by atoms with Crippen molar-refractivity contribution >= 4 is 28.6 Å². The fourth-order valence-corrected chi connectivity index (χ4v) is 3.89. The standard InChI is InChI=1S/C19H25NO3.CH3I/c21-18(22)8-6-15-5-7-17(20-13-15)23-14-16-4-3-11-19(12-16)9-1-2-10-19;1-2/h5,7,12-13H,1-4,6,8-11,14H2,(H,21,22);1H3. The number of carbonyl (C=O) groups is 1. The first kappa shape index (κ1) is 20.2. The molecule has 0 atom stereocenters. The monoisotopic (exact) mass is 457 g/mol. The molecule has 3 rings (SSSR count). The summed E-state index contributed by atoms with van der Waals surface area (Å²) < 4.78 is 5.83. The summed E-state index contributed by atoms with van der Waals surface area (Å²) in [6, 6.07) is 3.74. The fourth-order valence-electron chi connectivity index (χ4n) is 3.89. The van der Waals surface area contributed by atoms with Crippen molar-refractivity contribution in [3.05, 3.63) is 35.5 Å². The lowest BCUT2D eigenvalue weighted by molar-refractivity contribution is -0.136. The minimum absolute atomic E-state index is 0.136. The first-order chi connectivity index (χ1) is 12.2. The summed E-state index contributed by atoms with van der Waals surface area (Å²) in [5.74, 6) is -0.161. The summed E-state index contributed by atoms with van der Waals surface area (Å²) in [5, 5.41) is 8.69. The smallest absolute Gasteiger partial charge is 0.303 e. The summed E-state index contributed by atoms with van der Waals surface area (Å²) in [4.78, 5) is 16.8. The van der Waals surface area contributed by atoms with E-state index in [0.717, 1.165) is 12.0 Å². The van der Waals surface area contributed by atoms with Gasteiger partial charge in [-0.1, -0.05) is 47.6 Å². The Morgan fingerprint density at radius 1 is 1.24 bits per heavy atom. The molecule has 5 heteroatoms. The number of aromatic nitrogens is 1. The molecule has 0 saturated heterocycles. The van der Waals surface area contributed by atoms with Crippen molar-refractivity contribution in [2.45, 2.75) is 57.8 Å². The summed E-state index contributed by atoms with van der Waals surface area (Å²) in [6.45, 7) is 0.628. The van der Waals surface area contributed by atoms with Crippen molar-refractivity contribution < 1.29 is 14.6 Å². The average Bonchev–Trinajstić information content (AvgIpc) is 3.08. The lowest BCUT2D eigenvalue weighted by Crippen LogP contribution is -2.19. The van der Waals surface area contributed by atoms with Crippen LogP contribution in [0.3, 0.4) is 0 Å². The Morgan fingerprint density at radius 2 is 1.96 bits per heavy atom. The molecule has 0 amide bonds. The van der Waals surface area contributed by atoms with Crippen LogP contribution in [-0.4, -0.2) is 27.6 Å². The van der Waals surface area contributed by atoms with Crippen molar-refractivity contribution in [1.82, 2.24) is 4.98 Å². The minimum atomic E-state index is -0.782. The molecule has 2 aliphatic carbocycles. The molecule has 1 saturated carbocycles. The number of aliphatic carboxylic acids is 1. The van der Waals surface area contributed by atoms with Crippen LogP contribution in [0.1, 0.15) is 56.9 Å². The van der Waals surface area contributed by atoms with Crippen molar-refractivity contribution in [2.24, 2.45) is 5.41 Å². The van der Waals surface area contributed by atoms with E-state index < -0.39 is 5.97 Å². The number of carboxylic acids is 1. The molecule has 1 heterocycles. The molecule has 0 bridgehead atoms. The molecular weight excluding hydrogens is 429 g/mol. The van der Waals surface area contributed by atoms with Crippen molar-refractivity contribution in [3.8, 4) is 5.88 Å². The van der Waals surface area contributed by atoms with Gasteiger partial charge in [-0.3, -0.25) is 4.79 Å². The largest absolute Gasteiger partial charge is 0.481 e. The molecule has 0 aromatic carbocycles. The van der Waals surface area contributed by atoms with E-state index in [4.69, 9.17) is 9.84 Å². The second kappa shape index (κ2) is 10.1. The SMILES string of the molecule is CI.O=C(O)CCc1ccc(OCC2=CC3(CCCC3)CCC2)nc1. The predicted octanol–water partition coefficient (Wildman–Crippen LogP) is 5.20. The van der Waals surface area contributed by atoms with Gasteiger partial charge in [0, 0.05) is 18.7 Å². The number of nitrogens with zero attached hydrogens (tertiary/aromatic N) is 1. The molecule has 1 spiro atoms. The van der Waals surface area contributed by atoms with Gasteiger partial charge in [-0.15, -0.1) is 0 Å². The van der Waals surface area contributed by atoms with Crippen LogP contribution in [0.5, 0.6) is 5.88 Å². The number of aryl methyl sites for hydroxylation is 1. The number of hydrogen-bond acceptors (Lipinski definition) is 3. The van der Waals surface area contributed by atoms with Crippen molar-refractivity contribution in [2.75, 3.05) is 11.5 Å².